The van der Waals surface area contributed by atoms with Crippen LogP contribution in [0.4, 0.5) is 0 Å². The molecule has 0 aromatic rings. The molecule has 1 saturated heterocycles. The largest absolute Gasteiger partial charge is 0.378 e. The van der Waals surface area contributed by atoms with Gasteiger partial charge in [0.15, 0.2) is 0 Å². The zero-order chi connectivity index (χ0) is 13.1. The Morgan fingerprint density at radius 1 is 1.50 bits per heavy atom. The van der Waals surface area contributed by atoms with Crippen LogP contribution in [0.5, 0.6) is 0 Å². The van der Waals surface area contributed by atoms with Gasteiger partial charge >= 0.3 is 0 Å². The lowest BCUT2D eigenvalue weighted by molar-refractivity contribution is -0.139. The summed E-state index contributed by atoms with van der Waals surface area (Å²) in [5, 5.41) is 2.96. The zero-order valence-electron chi connectivity index (χ0n) is 10.7. The highest BCUT2D eigenvalue weighted by molar-refractivity contribution is 5.85. The van der Waals surface area contributed by atoms with Crippen LogP contribution in [0, 0.1) is 0 Å². The summed E-state index contributed by atoms with van der Waals surface area (Å²) in [6.45, 7) is 3.35. The summed E-state index contributed by atoms with van der Waals surface area (Å²) in [5.74, 6) is -0.416. The van der Waals surface area contributed by atoms with E-state index in [1.54, 1.807) is 0 Å². The average molecular weight is 255 g/mol. The Balaban J connectivity index is 2.03. The zero-order valence-corrected chi connectivity index (χ0v) is 10.7. The van der Waals surface area contributed by atoms with Crippen molar-refractivity contribution in [3.63, 3.8) is 0 Å². The average Bonchev–Trinajstić information content (AvgIpc) is 3.14. The number of morpholine rings is 1. The molecule has 2 atom stereocenters. The van der Waals surface area contributed by atoms with Crippen LogP contribution in [0.2, 0.25) is 0 Å². The smallest absolute Gasteiger partial charge is 0.239 e. The summed E-state index contributed by atoms with van der Waals surface area (Å²) in [5.41, 5.74) is 5.40. The Morgan fingerprint density at radius 3 is 2.78 bits per heavy atom. The molecule has 3 N–H and O–H groups in total. The van der Waals surface area contributed by atoms with E-state index in [4.69, 9.17) is 10.5 Å². The van der Waals surface area contributed by atoms with Gasteiger partial charge in [-0.25, -0.2) is 0 Å². The fraction of sp³-hybridized carbons (Fsp3) is 0.833. The molecule has 1 aliphatic carbocycles. The van der Waals surface area contributed by atoms with Crippen molar-refractivity contribution >= 4 is 11.8 Å². The van der Waals surface area contributed by atoms with Crippen LogP contribution in [0.15, 0.2) is 0 Å². The Hall–Kier alpha value is -1.14. The van der Waals surface area contributed by atoms with E-state index in [0.717, 1.165) is 12.8 Å². The predicted molar refractivity (Wildman–Crippen MR) is 65.8 cm³/mol. The second-order valence-corrected chi connectivity index (χ2v) is 4.94. The van der Waals surface area contributed by atoms with E-state index >= 15 is 0 Å². The second-order valence-electron chi connectivity index (χ2n) is 4.94. The van der Waals surface area contributed by atoms with Crippen molar-refractivity contribution in [3.8, 4) is 0 Å². The van der Waals surface area contributed by atoms with Crippen LogP contribution in [-0.4, -0.2) is 54.6 Å². The molecule has 0 spiro atoms. The third-order valence-electron chi connectivity index (χ3n) is 3.51. The summed E-state index contributed by atoms with van der Waals surface area (Å²) in [7, 11) is 0. The molecule has 18 heavy (non-hydrogen) atoms. The van der Waals surface area contributed by atoms with Gasteiger partial charge in [-0.2, -0.15) is 0 Å². The quantitative estimate of drug-likeness (QED) is 0.675. The minimum atomic E-state index is -0.392. The topological polar surface area (TPSA) is 84.7 Å². The molecule has 0 aromatic carbocycles. The molecular formula is C12H21N3O3. The maximum atomic E-state index is 12.1. The standard InChI is InChI=1S/C12H21N3O3/c1-2-9(11(13)16)15-5-6-18-7-10(15)12(17)14-8-3-4-8/h8-10H,2-7H2,1H3,(H2,13,16)(H,14,17). The van der Waals surface area contributed by atoms with Crippen LogP contribution in [0.3, 0.4) is 0 Å². The lowest BCUT2D eigenvalue weighted by Gasteiger charge is -2.38. The molecule has 2 fully saturated rings. The minimum Gasteiger partial charge on any atom is -0.378 e. The normalized spacial score (nSPS) is 26.6. The van der Waals surface area contributed by atoms with Gasteiger partial charge in [-0.1, -0.05) is 6.92 Å². The Labute approximate surface area is 107 Å². The highest BCUT2D eigenvalue weighted by Crippen LogP contribution is 2.20. The van der Waals surface area contributed by atoms with E-state index in [-0.39, 0.29) is 17.9 Å². The Bertz CT molecular complexity index is 331. The van der Waals surface area contributed by atoms with Gasteiger partial charge in [0.2, 0.25) is 11.8 Å². The molecule has 0 radical (unpaired) electrons. The number of primary amides is 1. The van der Waals surface area contributed by atoms with Crippen LogP contribution in [0.25, 0.3) is 0 Å². The van der Waals surface area contributed by atoms with E-state index in [0.29, 0.717) is 32.2 Å². The van der Waals surface area contributed by atoms with Gasteiger partial charge < -0.3 is 15.8 Å². The van der Waals surface area contributed by atoms with Crippen LogP contribution in [-0.2, 0) is 14.3 Å². The summed E-state index contributed by atoms with van der Waals surface area (Å²) in [4.78, 5) is 25.4. The SMILES string of the molecule is CCC(C(N)=O)N1CCOCC1C(=O)NC1CC1. The number of carbonyl (C=O) groups is 2. The third kappa shape index (κ3) is 3.00. The van der Waals surface area contributed by atoms with E-state index in [9.17, 15) is 9.59 Å². The van der Waals surface area contributed by atoms with Gasteiger partial charge in [-0.15, -0.1) is 0 Å². The van der Waals surface area contributed by atoms with Gasteiger partial charge in [-0.3, -0.25) is 14.5 Å². The lowest BCUT2D eigenvalue weighted by atomic mass is 10.1. The fourth-order valence-corrected chi connectivity index (χ4v) is 2.34. The van der Waals surface area contributed by atoms with E-state index < -0.39 is 6.04 Å². The molecule has 1 aliphatic heterocycles. The number of carbonyl (C=O) groups excluding carboxylic acids is 2. The molecule has 2 rings (SSSR count). The molecule has 2 amide bonds. The number of nitrogens with zero attached hydrogens (tertiary/aromatic N) is 1. The van der Waals surface area contributed by atoms with Crippen molar-refractivity contribution in [1.82, 2.24) is 10.2 Å². The number of nitrogens with one attached hydrogen (secondary N) is 1. The number of hydrogen-bond donors (Lipinski definition) is 2. The van der Waals surface area contributed by atoms with Crippen molar-refractivity contribution in [1.29, 1.82) is 0 Å². The van der Waals surface area contributed by atoms with E-state index in [1.165, 1.54) is 0 Å². The molecule has 2 unspecified atom stereocenters. The molecule has 6 heteroatoms. The van der Waals surface area contributed by atoms with Crippen molar-refractivity contribution in [2.75, 3.05) is 19.8 Å². The van der Waals surface area contributed by atoms with E-state index in [2.05, 4.69) is 5.32 Å². The van der Waals surface area contributed by atoms with Gasteiger partial charge in [0.1, 0.15) is 6.04 Å². The maximum absolute atomic E-state index is 12.1. The summed E-state index contributed by atoms with van der Waals surface area (Å²) in [6.07, 6.45) is 2.71. The monoisotopic (exact) mass is 255 g/mol. The number of rotatable bonds is 5. The fourth-order valence-electron chi connectivity index (χ4n) is 2.34. The first-order valence-electron chi connectivity index (χ1n) is 6.56. The first-order valence-corrected chi connectivity index (χ1v) is 6.56. The van der Waals surface area contributed by atoms with Crippen LogP contribution in [0.1, 0.15) is 26.2 Å². The van der Waals surface area contributed by atoms with Gasteiger partial charge in [-0.05, 0) is 19.3 Å². The first-order chi connectivity index (χ1) is 8.63. The maximum Gasteiger partial charge on any atom is 0.239 e. The predicted octanol–water partition coefficient (Wildman–Crippen LogP) is -0.770. The highest BCUT2D eigenvalue weighted by atomic mass is 16.5. The van der Waals surface area contributed by atoms with Crippen LogP contribution < -0.4 is 11.1 Å². The van der Waals surface area contributed by atoms with E-state index in [1.807, 2.05) is 11.8 Å². The van der Waals surface area contributed by atoms with Crippen molar-refractivity contribution in [2.45, 2.75) is 44.3 Å². The highest BCUT2D eigenvalue weighted by Gasteiger charge is 2.37. The Morgan fingerprint density at radius 2 is 2.22 bits per heavy atom. The summed E-state index contributed by atoms with van der Waals surface area (Å²) < 4.78 is 5.36. The molecule has 2 aliphatic rings. The van der Waals surface area contributed by atoms with Gasteiger partial charge in [0.05, 0.1) is 19.3 Å². The number of nitrogens with two attached hydrogens (primary N) is 1. The van der Waals surface area contributed by atoms with Crippen molar-refractivity contribution in [2.24, 2.45) is 5.73 Å². The number of hydrogen-bond acceptors (Lipinski definition) is 4. The molecule has 0 aromatic heterocycles. The lowest BCUT2D eigenvalue weighted by Crippen LogP contribution is -2.60. The molecular weight excluding hydrogens is 234 g/mol. The minimum absolute atomic E-state index is 0.0445. The van der Waals surface area contributed by atoms with Crippen molar-refractivity contribution < 1.29 is 14.3 Å². The molecule has 6 nitrogen and oxygen atoms in total. The van der Waals surface area contributed by atoms with Crippen molar-refractivity contribution in [3.05, 3.63) is 0 Å². The molecule has 0 bridgehead atoms. The third-order valence-corrected chi connectivity index (χ3v) is 3.51. The van der Waals surface area contributed by atoms with Gasteiger partial charge in [0, 0.05) is 12.6 Å². The first kappa shape index (κ1) is 13.3. The van der Waals surface area contributed by atoms with Crippen LogP contribution >= 0.6 is 0 Å². The second kappa shape index (κ2) is 5.67. The Kier molecular flexibility index (Phi) is 4.19. The molecule has 1 saturated carbocycles. The number of ether oxygens (including phenoxy) is 1. The van der Waals surface area contributed by atoms with Gasteiger partial charge in [0.25, 0.3) is 0 Å². The summed E-state index contributed by atoms with van der Waals surface area (Å²) >= 11 is 0. The molecule has 1 heterocycles. The number of amides is 2. The molecule has 102 valence electrons. The summed E-state index contributed by atoms with van der Waals surface area (Å²) in [6, 6.07) is -0.462.